The summed E-state index contributed by atoms with van der Waals surface area (Å²) in [5, 5.41) is 8.47. The first-order chi connectivity index (χ1) is 19.0. The molecule has 11 heteroatoms. The third-order valence-corrected chi connectivity index (χ3v) is 6.88. The van der Waals surface area contributed by atoms with Crippen LogP contribution in [0.4, 0.5) is 11.6 Å². The Kier molecular flexibility index (Phi) is 8.39. The van der Waals surface area contributed by atoms with E-state index >= 15 is 0 Å². The number of benzene rings is 1. The molecule has 3 aromatic heterocycles. The van der Waals surface area contributed by atoms with Gasteiger partial charge in [0.2, 0.25) is 0 Å². The molecule has 0 bridgehead atoms. The Morgan fingerprint density at radius 3 is 2.58 bits per heavy atom. The van der Waals surface area contributed by atoms with Crippen LogP contribution in [-0.4, -0.2) is 56.2 Å². The topological polar surface area (TPSA) is 124 Å². The monoisotopic (exact) mass is 560 g/mol. The fourth-order valence-corrected chi connectivity index (χ4v) is 4.62. The van der Waals surface area contributed by atoms with Gasteiger partial charge in [0.05, 0.1) is 23.9 Å². The number of ether oxygens (including phenoxy) is 1. The number of halogens is 1. The molecule has 0 saturated carbocycles. The smallest absolute Gasteiger partial charge is 0.271 e. The van der Waals surface area contributed by atoms with Gasteiger partial charge in [0.1, 0.15) is 29.4 Å². The van der Waals surface area contributed by atoms with Crippen LogP contribution in [0.15, 0.2) is 49.6 Å². The van der Waals surface area contributed by atoms with Crippen LogP contribution in [0, 0.1) is 6.92 Å². The highest BCUT2D eigenvalue weighted by Crippen LogP contribution is 2.43. The van der Waals surface area contributed by atoms with Gasteiger partial charge in [0.25, 0.3) is 5.91 Å². The number of carbonyl (C=O) groups excluding carboxylic acids is 1. The van der Waals surface area contributed by atoms with E-state index in [0.717, 1.165) is 22.3 Å². The number of carbonyl (C=O) groups is 1. The average Bonchev–Trinajstić information content (AvgIpc) is 3.36. The molecule has 40 heavy (non-hydrogen) atoms. The Balaban J connectivity index is 1.78. The van der Waals surface area contributed by atoms with Crippen LogP contribution in [0.3, 0.4) is 0 Å². The Morgan fingerprint density at radius 1 is 1.23 bits per heavy atom. The highest BCUT2D eigenvalue weighted by molar-refractivity contribution is 6.32. The summed E-state index contributed by atoms with van der Waals surface area (Å²) in [6.45, 7) is 10.5. The standard InChI is InChI=1S/C29H33ClN8O2/c1-8-40-26-20(13-21(30)16(2)24(26)19-9-10-23(32-14-19)29(39)37(5)6)18(4)35-28-25(27(31)33-15-34-28)17(3)22-11-12-38(7)36-22/h9-15,18H,3,8H2,1-2,4-7H3,(H3,31,33,34,35). The molecule has 0 aliphatic heterocycles. The van der Waals surface area contributed by atoms with Crippen molar-refractivity contribution in [2.24, 2.45) is 7.05 Å². The molecular weight excluding hydrogens is 528 g/mol. The number of nitrogens with zero attached hydrogens (tertiary/aromatic N) is 6. The number of nitrogen functional groups attached to an aromatic ring is 1. The van der Waals surface area contributed by atoms with E-state index in [2.05, 4.69) is 31.9 Å². The van der Waals surface area contributed by atoms with Crippen LogP contribution >= 0.6 is 11.6 Å². The molecule has 0 radical (unpaired) electrons. The quantitative estimate of drug-likeness (QED) is 0.288. The third kappa shape index (κ3) is 5.62. The van der Waals surface area contributed by atoms with Crippen molar-refractivity contribution in [2.45, 2.75) is 26.8 Å². The molecule has 0 spiro atoms. The van der Waals surface area contributed by atoms with Crippen LogP contribution in [0.1, 0.15) is 52.8 Å². The molecule has 4 aromatic rings. The number of hydrogen-bond donors (Lipinski definition) is 2. The Labute approximate surface area is 238 Å². The molecule has 208 valence electrons. The molecule has 4 rings (SSSR count). The number of amides is 1. The molecular formula is C29H33ClN8O2. The fourth-order valence-electron chi connectivity index (χ4n) is 4.40. The third-order valence-electron chi connectivity index (χ3n) is 6.49. The zero-order valence-corrected chi connectivity index (χ0v) is 24.2. The van der Waals surface area contributed by atoms with E-state index in [9.17, 15) is 4.79 Å². The maximum atomic E-state index is 12.4. The second kappa shape index (κ2) is 11.7. The van der Waals surface area contributed by atoms with E-state index < -0.39 is 0 Å². The van der Waals surface area contributed by atoms with Gasteiger partial charge in [-0.3, -0.25) is 14.5 Å². The number of rotatable bonds is 9. The molecule has 0 fully saturated rings. The summed E-state index contributed by atoms with van der Waals surface area (Å²) in [7, 11) is 5.21. The summed E-state index contributed by atoms with van der Waals surface area (Å²) >= 11 is 6.77. The number of hydrogen-bond acceptors (Lipinski definition) is 8. The molecule has 0 aliphatic carbocycles. The van der Waals surface area contributed by atoms with Gasteiger partial charge in [0.15, 0.2) is 0 Å². The first-order valence-corrected chi connectivity index (χ1v) is 13.1. The van der Waals surface area contributed by atoms with Crippen LogP contribution in [0.5, 0.6) is 5.75 Å². The molecule has 1 aromatic carbocycles. The van der Waals surface area contributed by atoms with Gasteiger partial charge in [-0.15, -0.1) is 0 Å². The first-order valence-electron chi connectivity index (χ1n) is 12.7. The van der Waals surface area contributed by atoms with Gasteiger partial charge in [-0.2, -0.15) is 5.10 Å². The summed E-state index contributed by atoms with van der Waals surface area (Å²) < 4.78 is 7.91. The van der Waals surface area contributed by atoms with Crippen LogP contribution in [0.25, 0.3) is 16.7 Å². The van der Waals surface area contributed by atoms with Gasteiger partial charge in [-0.1, -0.05) is 24.2 Å². The molecule has 1 amide bonds. The maximum Gasteiger partial charge on any atom is 0.271 e. The minimum atomic E-state index is -0.314. The summed E-state index contributed by atoms with van der Waals surface area (Å²) in [5.74, 6) is 1.27. The number of pyridine rings is 1. The average molecular weight is 561 g/mol. The van der Waals surface area contributed by atoms with Crippen LogP contribution < -0.4 is 15.8 Å². The largest absolute Gasteiger partial charge is 0.493 e. The Bertz CT molecular complexity index is 1560. The fraction of sp³-hybridized carbons (Fsp3) is 0.276. The Hall–Kier alpha value is -4.44. The maximum absolute atomic E-state index is 12.4. The molecule has 10 nitrogen and oxygen atoms in total. The van der Waals surface area contributed by atoms with E-state index in [-0.39, 0.29) is 17.8 Å². The number of aromatic nitrogens is 5. The van der Waals surface area contributed by atoms with Crippen molar-refractivity contribution in [1.82, 2.24) is 29.6 Å². The summed E-state index contributed by atoms with van der Waals surface area (Å²) in [5.41, 5.74) is 11.7. The van der Waals surface area contributed by atoms with Gasteiger partial charge in [0, 0.05) is 60.8 Å². The zero-order chi connectivity index (χ0) is 29.1. The molecule has 0 saturated heterocycles. The molecule has 3 heterocycles. The van der Waals surface area contributed by atoms with E-state index in [0.29, 0.717) is 45.7 Å². The van der Waals surface area contributed by atoms with Crippen molar-refractivity contribution in [3.8, 4) is 16.9 Å². The van der Waals surface area contributed by atoms with Crippen molar-refractivity contribution >= 4 is 34.7 Å². The van der Waals surface area contributed by atoms with E-state index in [1.165, 1.54) is 11.2 Å². The van der Waals surface area contributed by atoms with Gasteiger partial charge < -0.3 is 20.7 Å². The predicted molar refractivity (Wildman–Crippen MR) is 158 cm³/mol. The zero-order valence-electron chi connectivity index (χ0n) is 23.5. The minimum Gasteiger partial charge on any atom is -0.493 e. The van der Waals surface area contributed by atoms with E-state index in [1.807, 2.05) is 52.2 Å². The summed E-state index contributed by atoms with van der Waals surface area (Å²) in [4.78, 5) is 26.9. The van der Waals surface area contributed by atoms with Crippen molar-refractivity contribution < 1.29 is 9.53 Å². The van der Waals surface area contributed by atoms with Crippen LogP contribution in [-0.2, 0) is 7.05 Å². The lowest BCUT2D eigenvalue weighted by atomic mass is 9.94. The van der Waals surface area contributed by atoms with Crippen molar-refractivity contribution in [3.05, 3.63) is 82.7 Å². The van der Waals surface area contributed by atoms with Gasteiger partial charge in [-0.25, -0.2) is 9.97 Å². The second-order valence-electron chi connectivity index (χ2n) is 9.54. The predicted octanol–water partition coefficient (Wildman–Crippen LogP) is 5.15. The van der Waals surface area contributed by atoms with Crippen molar-refractivity contribution in [2.75, 3.05) is 31.8 Å². The van der Waals surface area contributed by atoms with Crippen LogP contribution in [0.2, 0.25) is 5.02 Å². The number of nitrogens with one attached hydrogen (secondary N) is 1. The van der Waals surface area contributed by atoms with Gasteiger partial charge >= 0.3 is 0 Å². The first kappa shape index (κ1) is 28.6. The second-order valence-corrected chi connectivity index (χ2v) is 9.95. The number of aryl methyl sites for hydroxylation is 1. The lowest BCUT2D eigenvalue weighted by molar-refractivity contribution is 0.0822. The van der Waals surface area contributed by atoms with E-state index in [1.54, 1.807) is 31.0 Å². The number of anilines is 2. The lowest BCUT2D eigenvalue weighted by Gasteiger charge is -2.24. The molecule has 3 N–H and O–H groups in total. The van der Waals surface area contributed by atoms with Crippen molar-refractivity contribution in [3.63, 3.8) is 0 Å². The molecule has 1 atom stereocenters. The van der Waals surface area contributed by atoms with Gasteiger partial charge in [-0.05, 0) is 44.5 Å². The number of nitrogens with two attached hydrogens (primary N) is 1. The molecule has 1 unspecified atom stereocenters. The summed E-state index contributed by atoms with van der Waals surface area (Å²) in [6, 6.07) is 6.98. The Morgan fingerprint density at radius 2 is 1.98 bits per heavy atom. The molecule has 0 aliphatic rings. The lowest BCUT2D eigenvalue weighted by Crippen LogP contribution is -2.22. The highest BCUT2D eigenvalue weighted by atomic mass is 35.5. The van der Waals surface area contributed by atoms with Crippen molar-refractivity contribution in [1.29, 1.82) is 0 Å². The SMILES string of the molecule is C=C(c1ccn(C)n1)c1c(N)ncnc1NC(C)c1cc(Cl)c(C)c(-c2ccc(C(=O)N(C)C)nc2)c1OCC. The normalized spacial score (nSPS) is 11.7. The highest BCUT2D eigenvalue weighted by Gasteiger charge is 2.24. The minimum absolute atomic E-state index is 0.176. The summed E-state index contributed by atoms with van der Waals surface area (Å²) in [6.07, 6.45) is 4.90. The van der Waals surface area contributed by atoms with E-state index in [4.69, 9.17) is 22.1 Å².